The molecular formula is C52H30N4. The van der Waals surface area contributed by atoms with Crippen LogP contribution < -0.4 is 0 Å². The summed E-state index contributed by atoms with van der Waals surface area (Å²) in [6.07, 6.45) is 0. The van der Waals surface area contributed by atoms with Gasteiger partial charge >= 0.3 is 0 Å². The molecule has 13 aromatic rings. The number of aromatic nitrogens is 4. The normalized spacial score (nSPS) is 12.3. The van der Waals surface area contributed by atoms with Gasteiger partial charge in [-0.2, -0.15) is 0 Å². The summed E-state index contributed by atoms with van der Waals surface area (Å²) in [6, 6.07) is 65.8. The standard InChI is InChI=1S/C52H30N4/c1-2-12-31(13-3-1)34-16-8-17-35(30-34)48-42-29-27-32-14-4-6-18-36(32)49(42)54-52(53-48)55-43-23-10-20-38-39-21-9-22-40-41-28-26-33-15-5-7-19-37(33)50(41)56(51(39)40)45-25-11-24-44(55)47(45)46(38)43/h1-30H. The highest BCUT2D eigenvalue weighted by Gasteiger charge is 2.24. The van der Waals surface area contributed by atoms with Crippen molar-refractivity contribution < 1.29 is 0 Å². The second kappa shape index (κ2) is 11.0. The van der Waals surface area contributed by atoms with Gasteiger partial charge in [0, 0.05) is 48.7 Å². The quantitative estimate of drug-likeness (QED) is 0.171. The zero-order valence-corrected chi connectivity index (χ0v) is 30.1. The number of nitrogens with zero attached hydrogens (tertiary/aromatic N) is 4. The minimum Gasteiger partial charge on any atom is -0.307 e. The van der Waals surface area contributed by atoms with Crippen molar-refractivity contribution in [2.45, 2.75) is 0 Å². The molecule has 0 bridgehead atoms. The smallest absolute Gasteiger partial charge is 0.235 e. The fraction of sp³-hybridized carbons (Fsp3) is 0. The monoisotopic (exact) mass is 710 g/mol. The number of fused-ring (bicyclic) bond motifs is 10. The average molecular weight is 711 g/mol. The van der Waals surface area contributed by atoms with E-state index in [1.807, 2.05) is 0 Å². The minimum atomic E-state index is 0.657. The first-order chi connectivity index (χ1) is 27.8. The molecule has 0 radical (unpaired) electrons. The fourth-order valence-corrected chi connectivity index (χ4v) is 9.65. The van der Waals surface area contributed by atoms with Gasteiger partial charge in [0.25, 0.3) is 0 Å². The van der Waals surface area contributed by atoms with E-state index in [9.17, 15) is 0 Å². The van der Waals surface area contributed by atoms with Crippen molar-refractivity contribution in [2.75, 3.05) is 0 Å². The van der Waals surface area contributed by atoms with Crippen molar-refractivity contribution in [2.24, 2.45) is 0 Å². The van der Waals surface area contributed by atoms with Gasteiger partial charge in [0.1, 0.15) is 0 Å². The van der Waals surface area contributed by atoms with Gasteiger partial charge in [-0.1, -0.05) is 152 Å². The molecule has 13 rings (SSSR count). The number of hydrogen-bond acceptors (Lipinski definition) is 2. The van der Waals surface area contributed by atoms with E-state index in [2.05, 4.69) is 191 Å². The first-order valence-electron chi connectivity index (χ1n) is 19.2. The van der Waals surface area contributed by atoms with E-state index in [-0.39, 0.29) is 0 Å². The Balaban J connectivity index is 1.21. The number of benzene rings is 9. The van der Waals surface area contributed by atoms with Crippen LogP contribution in [0, 0.1) is 0 Å². The average Bonchev–Trinajstić information content (AvgIpc) is 3.76. The molecule has 0 saturated carbocycles. The zero-order chi connectivity index (χ0) is 36.5. The molecule has 4 heterocycles. The van der Waals surface area contributed by atoms with Gasteiger partial charge in [-0.15, -0.1) is 0 Å². The van der Waals surface area contributed by atoms with Gasteiger partial charge in [-0.05, 0) is 57.6 Å². The van der Waals surface area contributed by atoms with Gasteiger partial charge in [-0.25, -0.2) is 9.97 Å². The molecule has 0 unspecified atom stereocenters. The predicted octanol–water partition coefficient (Wildman–Crippen LogP) is 13.5. The molecule has 0 aliphatic rings. The Morgan fingerprint density at radius 1 is 0.339 bits per heavy atom. The van der Waals surface area contributed by atoms with E-state index < -0.39 is 0 Å². The van der Waals surface area contributed by atoms with Crippen LogP contribution in [0.2, 0.25) is 0 Å². The number of para-hydroxylation sites is 1. The van der Waals surface area contributed by atoms with Crippen LogP contribution in [0.15, 0.2) is 182 Å². The molecule has 0 spiro atoms. The molecule has 0 aliphatic heterocycles. The topological polar surface area (TPSA) is 35.1 Å². The zero-order valence-electron chi connectivity index (χ0n) is 30.1. The molecule has 0 N–H and O–H groups in total. The van der Waals surface area contributed by atoms with Gasteiger partial charge in [0.2, 0.25) is 5.95 Å². The lowest BCUT2D eigenvalue weighted by atomic mass is 9.98. The molecule has 258 valence electrons. The van der Waals surface area contributed by atoms with Crippen LogP contribution >= 0.6 is 0 Å². The van der Waals surface area contributed by atoms with Crippen molar-refractivity contribution in [3.63, 3.8) is 0 Å². The highest BCUT2D eigenvalue weighted by molar-refractivity contribution is 6.32. The summed E-state index contributed by atoms with van der Waals surface area (Å²) in [5, 5.41) is 13.2. The Hall–Kier alpha value is -7.56. The Morgan fingerprint density at radius 3 is 1.75 bits per heavy atom. The molecule has 4 aromatic heterocycles. The summed E-state index contributed by atoms with van der Waals surface area (Å²) in [6.45, 7) is 0. The van der Waals surface area contributed by atoms with Crippen molar-refractivity contribution in [3.8, 4) is 28.3 Å². The van der Waals surface area contributed by atoms with Crippen LogP contribution in [0.3, 0.4) is 0 Å². The Kier molecular flexibility index (Phi) is 5.86. The lowest BCUT2D eigenvalue weighted by Crippen LogP contribution is -2.04. The molecule has 0 amide bonds. The minimum absolute atomic E-state index is 0.657. The molecule has 0 aliphatic carbocycles. The first-order valence-corrected chi connectivity index (χ1v) is 19.2. The second-order valence-corrected chi connectivity index (χ2v) is 14.9. The van der Waals surface area contributed by atoms with E-state index in [0.29, 0.717) is 5.95 Å². The van der Waals surface area contributed by atoms with Gasteiger partial charge in [0.05, 0.1) is 38.8 Å². The van der Waals surface area contributed by atoms with Crippen LogP contribution in [-0.2, 0) is 0 Å². The maximum Gasteiger partial charge on any atom is 0.235 e. The molecular weight excluding hydrogens is 681 g/mol. The predicted molar refractivity (Wildman–Crippen MR) is 234 cm³/mol. The third-order valence-corrected chi connectivity index (χ3v) is 12.0. The van der Waals surface area contributed by atoms with E-state index in [0.717, 1.165) is 49.5 Å². The molecule has 0 atom stereocenters. The highest BCUT2D eigenvalue weighted by Crippen LogP contribution is 2.45. The number of hydrogen-bond donors (Lipinski definition) is 0. The fourth-order valence-electron chi connectivity index (χ4n) is 9.65. The SMILES string of the molecule is c1ccc(-c2cccc(-c3nc(-n4c5cccc6c7cccc8c9ccc%10ccccc%10c9n(c9cccc4c9c65)c78)nc4c3ccc3ccccc34)c2)cc1. The first kappa shape index (κ1) is 29.8. The van der Waals surface area contributed by atoms with Crippen LogP contribution in [0.5, 0.6) is 0 Å². The lowest BCUT2D eigenvalue weighted by Gasteiger charge is -2.14. The molecule has 0 fully saturated rings. The Morgan fingerprint density at radius 2 is 0.893 bits per heavy atom. The molecule has 4 heteroatoms. The summed E-state index contributed by atoms with van der Waals surface area (Å²) in [5.41, 5.74) is 11.1. The third-order valence-electron chi connectivity index (χ3n) is 12.0. The molecule has 9 aromatic carbocycles. The van der Waals surface area contributed by atoms with Crippen LogP contribution in [0.25, 0.3) is 121 Å². The highest BCUT2D eigenvalue weighted by atomic mass is 15.2. The Labute approximate surface area is 320 Å². The molecule has 4 nitrogen and oxygen atoms in total. The van der Waals surface area contributed by atoms with Crippen molar-refractivity contribution >= 4 is 92.3 Å². The number of rotatable bonds is 3. The van der Waals surface area contributed by atoms with E-state index in [4.69, 9.17) is 9.97 Å². The second-order valence-electron chi connectivity index (χ2n) is 14.9. The summed E-state index contributed by atoms with van der Waals surface area (Å²) in [5.74, 6) is 0.657. The van der Waals surface area contributed by atoms with Crippen LogP contribution in [-0.4, -0.2) is 18.9 Å². The summed E-state index contributed by atoms with van der Waals surface area (Å²) >= 11 is 0. The van der Waals surface area contributed by atoms with Crippen LogP contribution in [0.4, 0.5) is 0 Å². The van der Waals surface area contributed by atoms with Crippen molar-refractivity contribution in [1.82, 2.24) is 18.9 Å². The maximum atomic E-state index is 5.57. The third kappa shape index (κ3) is 3.92. The summed E-state index contributed by atoms with van der Waals surface area (Å²) < 4.78 is 4.84. The van der Waals surface area contributed by atoms with Gasteiger partial charge < -0.3 is 4.40 Å². The van der Waals surface area contributed by atoms with Crippen molar-refractivity contribution in [3.05, 3.63) is 182 Å². The van der Waals surface area contributed by atoms with E-state index in [1.165, 1.54) is 65.2 Å². The molecule has 0 saturated heterocycles. The van der Waals surface area contributed by atoms with Crippen LogP contribution in [0.1, 0.15) is 0 Å². The largest absolute Gasteiger partial charge is 0.307 e. The van der Waals surface area contributed by atoms with E-state index >= 15 is 0 Å². The molecule has 56 heavy (non-hydrogen) atoms. The lowest BCUT2D eigenvalue weighted by molar-refractivity contribution is 1.02. The Bertz CT molecular complexity index is 3760. The van der Waals surface area contributed by atoms with Gasteiger partial charge in [0.15, 0.2) is 0 Å². The van der Waals surface area contributed by atoms with E-state index in [1.54, 1.807) is 0 Å². The summed E-state index contributed by atoms with van der Waals surface area (Å²) in [4.78, 5) is 11.1. The van der Waals surface area contributed by atoms with Crippen molar-refractivity contribution in [1.29, 1.82) is 0 Å². The van der Waals surface area contributed by atoms with Gasteiger partial charge in [-0.3, -0.25) is 4.57 Å². The summed E-state index contributed by atoms with van der Waals surface area (Å²) in [7, 11) is 0. The maximum absolute atomic E-state index is 5.57.